The molecule has 5 nitrogen and oxygen atoms in total. The van der Waals surface area contributed by atoms with Gasteiger partial charge >= 0.3 is 0 Å². The lowest BCUT2D eigenvalue weighted by molar-refractivity contribution is 0.0961. The van der Waals surface area contributed by atoms with E-state index < -0.39 is 5.91 Å². The lowest BCUT2D eigenvalue weighted by atomic mass is 10.0. The quantitative estimate of drug-likeness (QED) is 0.813. The summed E-state index contributed by atoms with van der Waals surface area (Å²) in [5.74, 6) is 0.517. The Morgan fingerprint density at radius 1 is 1.27 bits per heavy atom. The third-order valence-corrected chi connectivity index (χ3v) is 5.04. The SMILES string of the molecule is CNC(=O)c1cc(C(=O)C[C@@H]2C[C@@H]2C)cn(Cc2cccc(C)c2)c1=O. The number of nitrogens with zero attached hydrogens (tertiary/aromatic N) is 1. The molecule has 0 unspecified atom stereocenters. The standard InChI is InChI=1S/C21H24N2O3/c1-13-5-4-6-15(7-13)11-23-12-17(19(24)10-16-8-14(16)2)9-18(21(23)26)20(25)22-3/h4-7,9,12,14,16H,8,10-11H2,1-3H3,(H,22,25)/t14-,16-/m0/s1. The maximum atomic E-state index is 12.7. The first-order valence-electron chi connectivity index (χ1n) is 8.94. The van der Waals surface area contributed by atoms with Gasteiger partial charge in [-0.1, -0.05) is 36.8 Å². The Balaban J connectivity index is 1.98. The van der Waals surface area contributed by atoms with Crippen molar-refractivity contribution < 1.29 is 9.59 Å². The number of aryl methyl sites for hydroxylation is 1. The average Bonchev–Trinajstić information content (AvgIpc) is 3.30. The lowest BCUT2D eigenvalue weighted by Gasteiger charge is -2.12. The van der Waals surface area contributed by atoms with Gasteiger partial charge in [-0.05, 0) is 36.8 Å². The highest BCUT2D eigenvalue weighted by atomic mass is 16.2. The van der Waals surface area contributed by atoms with Gasteiger partial charge in [-0.15, -0.1) is 0 Å². The van der Waals surface area contributed by atoms with Gasteiger partial charge in [0, 0.05) is 25.2 Å². The molecule has 0 saturated heterocycles. The third kappa shape index (κ3) is 3.93. The van der Waals surface area contributed by atoms with E-state index in [1.54, 1.807) is 6.20 Å². The molecule has 3 rings (SSSR count). The van der Waals surface area contributed by atoms with Gasteiger partial charge in [0.1, 0.15) is 5.56 Å². The Labute approximate surface area is 153 Å². The van der Waals surface area contributed by atoms with Gasteiger partial charge < -0.3 is 9.88 Å². The van der Waals surface area contributed by atoms with Gasteiger partial charge in [0.25, 0.3) is 11.5 Å². The van der Waals surface area contributed by atoms with Crippen LogP contribution in [0, 0.1) is 18.8 Å². The molecular weight excluding hydrogens is 328 g/mol. The maximum absolute atomic E-state index is 12.7. The molecule has 136 valence electrons. The first-order chi connectivity index (χ1) is 12.4. The summed E-state index contributed by atoms with van der Waals surface area (Å²) in [4.78, 5) is 37.5. The van der Waals surface area contributed by atoms with Crippen LogP contribution in [0.15, 0.2) is 41.3 Å². The van der Waals surface area contributed by atoms with E-state index in [4.69, 9.17) is 0 Å². The summed E-state index contributed by atoms with van der Waals surface area (Å²) in [5, 5.41) is 2.49. The zero-order chi connectivity index (χ0) is 18.8. The highest BCUT2D eigenvalue weighted by molar-refractivity contribution is 6.00. The number of hydrogen-bond donors (Lipinski definition) is 1. The monoisotopic (exact) mass is 352 g/mol. The molecule has 1 N–H and O–H groups in total. The largest absolute Gasteiger partial charge is 0.355 e. The van der Waals surface area contributed by atoms with Crippen molar-refractivity contribution in [1.82, 2.24) is 9.88 Å². The fourth-order valence-electron chi connectivity index (χ4n) is 3.25. The van der Waals surface area contributed by atoms with E-state index in [1.165, 1.54) is 17.7 Å². The molecule has 0 spiro atoms. The summed E-state index contributed by atoms with van der Waals surface area (Å²) in [5.41, 5.74) is 2.10. The number of rotatable bonds is 6. The Kier molecular flexibility index (Phi) is 5.07. The second kappa shape index (κ2) is 7.28. The zero-order valence-corrected chi connectivity index (χ0v) is 15.4. The molecule has 1 saturated carbocycles. The van der Waals surface area contributed by atoms with Gasteiger partial charge in [0.15, 0.2) is 5.78 Å². The Hall–Kier alpha value is -2.69. The summed E-state index contributed by atoms with van der Waals surface area (Å²) < 4.78 is 1.46. The van der Waals surface area contributed by atoms with Crippen LogP contribution in [0.3, 0.4) is 0 Å². The topological polar surface area (TPSA) is 68.2 Å². The fraction of sp³-hybridized carbons (Fsp3) is 0.381. The number of ketones is 1. The second-order valence-electron chi connectivity index (χ2n) is 7.24. The van der Waals surface area contributed by atoms with Gasteiger partial charge in [0.2, 0.25) is 0 Å². The number of aromatic nitrogens is 1. The van der Waals surface area contributed by atoms with Crippen molar-refractivity contribution in [1.29, 1.82) is 0 Å². The van der Waals surface area contributed by atoms with Crippen LogP contribution in [0.5, 0.6) is 0 Å². The highest BCUT2D eigenvalue weighted by Crippen LogP contribution is 2.41. The molecule has 1 amide bonds. The molecule has 0 bridgehead atoms. The van der Waals surface area contributed by atoms with Gasteiger partial charge in [-0.3, -0.25) is 14.4 Å². The van der Waals surface area contributed by atoms with Crippen molar-refractivity contribution in [3.8, 4) is 0 Å². The summed E-state index contributed by atoms with van der Waals surface area (Å²) >= 11 is 0. The van der Waals surface area contributed by atoms with Gasteiger partial charge in [0.05, 0.1) is 6.54 Å². The summed E-state index contributed by atoms with van der Waals surface area (Å²) in [7, 11) is 1.48. The van der Waals surface area contributed by atoms with Crippen molar-refractivity contribution in [2.75, 3.05) is 7.05 Å². The number of nitrogens with one attached hydrogen (secondary N) is 1. The van der Waals surface area contributed by atoms with E-state index in [0.29, 0.717) is 30.4 Å². The Morgan fingerprint density at radius 3 is 2.62 bits per heavy atom. The number of amides is 1. The minimum atomic E-state index is -0.470. The van der Waals surface area contributed by atoms with Crippen LogP contribution in [0.1, 0.15) is 51.6 Å². The second-order valence-corrected chi connectivity index (χ2v) is 7.24. The van der Waals surface area contributed by atoms with Crippen LogP contribution in [0.4, 0.5) is 0 Å². The van der Waals surface area contributed by atoms with E-state index in [2.05, 4.69) is 12.2 Å². The predicted molar refractivity (Wildman–Crippen MR) is 101 cm³/mol. The number of carbonyl (C=O) groups is 2. The van der Waals surface area contributed by atoms with Crippen molar-refractivity contribution in [3.63, 3.8) is 0 Å². The van der Waals surface area contributed by atoms with Crippen molar-refractivity contribution in [2.24, 2.45) is 11.8 Å². The molecule has 5 heteroatoms. The summed E-state index contributed by atoms with van der Waals surface area (Å²) in [6, 6.07) is 9.27. The molecule has 2 aromatic rings. The van der Waals surface area contributed by atoms with Gasteiger partial charge in [-0.2, -0.15) is 0 Å². The highest BCUT2D eigenvalue weighted by Gasteiger charge is 2.34. The van der Waals surface area contributed by atoms with Gasteiger partial charge in [-0.25, -0.2) is 0 Å². The average molecular weight is 352 g/mol. The molecule has 1 fully saturated rings. The number of hydrogen-bond acceptors (Lipinski definition) is 3. The lowest BCUT2D eigenvalue weighted by Crippen LogP contribution is -2.32. The molecule has 1 aliphatic carbocycles. The molecule has 0 radical (unpaired) electrons. The smallest absolute Gasteiger partial charge is 0.263 e. The zero-order valence-electron chi connectivity index (χ0n) is 15.4. The predicted octanol–water partition coefficient (Wildman–Crippen LogP) is 2.79. The summed E-state index contributed by atoms with van der Waals surface area (Å²) in [6.45, 7) is 4.44. The van der Waals surface area contributed by atoms with Crippen LogP contribution in [0.2, 0.25) is 0 Å². The number of pyridine rings is 1. The van der Waals surface area contributed by atoms with Crippen LogP contribution in [-0.4, -0.2) is 23.3 Å². The van der Waals surface area contributed by atoms with Crippen molar-refractivity contribution in [3.05, 3.63) is 69.1 Å². The Bertz CT molecular complexity index is 914. The third-order valence-electron chi connectivity index (χ3n) is 5.04. The number of carbonyl (C=O) groups excluding carboxylic acids is 2. The summed E-state index contributed by atoms with van der Waals surface area (Å²) in [6.07, 6.45) is 3.13. The molecule has 0 aliphatic heterocycles. The molecule has 26 heavy (non-hydrogen) atoms. The molecule has 1 aliphatic rings. The van der Waals surface area contributed by atoms with Crippen LogP contribution >= 0.6 is 0 Å². The maximum Gasteiger partial charge on any atom is 0.263 e. The molecular formula is C21H24N2O3. The van der Waals surface area contributed by atoms with E-state index >= 15 is 0 Å². The van der Waals surface area contributed by atoms with E-state index in [1.807, 2.05) is 31.2 Å². The Morgan fingerprint density at radius 2 is 2.00 bits per heavy atom. The van der Waals surface area contributed by atoms with Crippen molar-refractivity contribution in [2.45, 2.75) is 33.2 Å². The van der Waals surface area contributed by atoms with E-state index in [-0.39, 0.29) is 16.9 Å². The minimum Gasteiger partial charge on any atom is -0.355 e. The van der Waals surface area contributed by atoms with Crippen molar-refractivity contribution >= 4 is 11.7 Å². The van der Waals surface area contributed by atoms with E-state index in [9.17, 15) is 14.4 Å². The molecule has 1 heterocycles. The number of Topliss-reactive ketones (excluding diaryl/α,β-unsaturated/α-hetero) is 1. The number of benzene rings is 1. The molecule has 1 aromatic heterocycles. The molecule has 2 atom stereocenters. The normalized spacial score (nSPS) is 18.4. The fourth-order valence-corrected chi connectivity index (χ4v) is 3.25. The minimum absolute atomic E-state index is 0.00912. The van der Waals surface area contributed by atoms with Crippen LogP contribution in [0.25, 0.3) is 0 Å². The molecule has 1 aromatic carbocycles. The first-order valence-corrected chi connectivity index (χ1v) is 8.94. The van der Waals surface area contributed by atoms with Crippen LogP contribution in [-0.2, 0) is 6.54 Å². The van der Waals surface area contributed by atoms with E-state index in [0.717, 1.165) is 17.5 Å². The van der Waals surface area contributed by atoms with Crippen LogP contribution < -0.4 is 10.9 Å². The first kappa shape index (κ1) is 18.1.